The molecule has 0 saturated carbocycles. The highest BCUT2D eigenvalue weighted by atomic mass is 35.5. The Morgan fingerprint density at radius 2 is 1.86 bits per heavy atom. The van der Waals surface area contributed by atoms with Crippen LogP contribution in [0.3, 0.4) is 0 Å². The van der Waals surface area contributed by atoms with Crippen molar-refractivity contribution in [3.8, 4) is 0 Å². The Balaban J connectivity index is 1.63. The minimum atomic E-state index is -0.526. The van der Waals surface area contributed by atoms with E-state index in [1.807, 2.05) is 0 Å². The van der Waals surface area contributed by atoms with Gasteiger partial charge in [0.05, 0.1) is 33.4 Å². The number of imide groups is 1. The summed E-state index contributed by atoms with van der Waals surface area (Å²) in [4.78, 5) is 43.2. The van der Waals surface area contributed by atoms with E-state index in [4.69, 9.17) is 23.2 Å². The third-order valence-corrected chi connectivity index (χ3v) is 5.55. The quantitative estimate of drug-likeness (QED) is 0.483. The fourth-order valence-corrected chi connectivity index (χ4v) is 3.98. The molecule has 0 unspecified atom stereocenters. The monoisotopic (exact) mass is 431 g/mol. The molecular weight excluding hydrogens is 421 g/mol. The molecule has 2 aromatic carbocycles. The summed E-state index contributed by atoms with van der Waals surface area (Å²) in [5, 5.41) is 5.10. The van der Waals surface area contributed by atoms with Crippen LogP contribution in [0, 0.1) is 0 Å². The number of amides is 3. The van der Waals surface area contributed by atoms with Crippen molar-refractivity contribution in [2.45, 2.75) is 5.88 Å². The van der Waals surface area contributed by atoms with Gasteiger partial charge in [0.25, 0.3) is 17.7 Å². The van der Waals surface area contributed by atoms with Crippen LogP contribution >= 0.6 is 34.5 Å². The second-order valence-electron chi connectivity index (χ2n) is 5.89. The number of rotatable bonds is 4. The first kappa shape index (κ1) is 18.6. The first-order valence-corrected chi connectivity index (χ1v) is 9.88. The highest BCUT2D eigenvalue weighted by Gasteiger charge is 2.38. The lowest BCUT2D eigenvalue weighted by Gasteiger charge is -2.15. The molecule has 0 fully saturated rings. The smallest absolute Gasteiger partial charge is 0.266 e. The Labute approximate surface area is 173 Å². The molecule has 1 N–H and O–H groups in total. The number of thiazole rings is 1. The number of aromatic nitrogens is 1. The lowest BCUT2D eigenvalue weighted by molar-refractivity contribution is 0.0925. The van der Waals surface area contributed by atoms with E-state index in [0.29, 0.717) is 16.5 Å². The number of para-hydroxylation sites is 1. The van der Waals surface area contributed by atoms with Crippen molar-refractivity contribution < 1.29 is 14.4 Å². The fourth-order valence-electron chi connectivity index (χ4n) is 2.83. The molecule has 0 spiro atoms. The van der Waals surface area contributed by atoms with Crippen LogP contribution in [0.1, 0.15) is 36.8 Å². The maximum Gasteiger partial charge on any atom is 0.266 e. The molecule has 0 aliphatic carbocycles. The Hall–Kier alpha value is -2.74. The van der Waals surface area contributed by atoms with Crippen LogP contribution in [-0.4, -0.2) is 22.7 Å². The molecule has 0 bridgehead atoms. The Morgan fingerprint density at radius 3 is 2.57 bits per heavy atom. The molecule has 0 atom stereocenters. The summed E-state index contributed by atoms with van der Waals surface area (Å²) in [6.45, 7) is 0. The van der Waals surface area contributed by atoms with Gasteiger partial charge in [0.2, 0.25) is 0 Å². The predicted octanol–water partition coefficient (Wildman–Crippen LogP) is 4.59. The van der Waals surface area contributed by atoms with Crippen LogP contribution in [0.15, 0.2) is 47.8 Å². The van der Waals surface area contributed by atoms with Gasteiger partial charge in [0, 0.05) is 10.9 Å². The molecule has 3 aromatic rings. The number of nitrogens with zero attached hydrogens (tertiary/aromatic N) is 2. The topological polar surface area (TPSA) is 79.4 Å². The van der Waals surface area contributed by atoms with Gasteiger partial charge in [-0.1, -0.05) is 23.7 Å². The molecule has 140 valence electrons. The van der Waals surface area contributed by atoms with E-state index in [1.54, 1.807) is 29.6 Å². The van der Waals surface area contributed by atoms with Crippen molar-refractivity contribution in [2.75, 3.05) is 10.2 Å². The number of anilines is 2. The summed E-state index contributed by atoms with van der Waals surface area (Å²) in [5.74, 6) is -1.19. The van der Waals surface area contributed by atoms with Gasteiger partial charge in [-0.15, -0.1) is 22.9 Å². The number of benzene rings is 2. The van der Waals surface area contributed by atoms with Gasteiger partial charge in [-0.25, -0.2) is 9.88 Å². The van der Waals surface area contributed by atoms with Crippen molar-refractivity contribution in [2.24, 2.45) is 0 Å². The highest BCUT2D eigenvalue weighted by molar-refractivity contribution is 7.14. The third-order valence-electron chi connectivity index (χ3n) is 4.15. The van der Waals surface area contributed by atoms with E-state index in [-0.39, 0.29) is 27.6 Å². The van der Waals surface area contributed by atoms with E-state index >= 15 is 0 Å². The summed E-state index contributed by atoms with van der Waals surface area (Å²) in [6, 6.07) is 10.9. The normalized spacial score (nSPS) is 13.0. The van der Waals surface area contributed by atoms with E-state index in [2.05, 4.69) is 10.3 Å². The molecule has 3 amide bonds. The van der Waals surface area contributed by atoms with Crippen LogP contribution < -0.4 is 10.2 Å². The number of hydrogen-bond donors (Lipinski definition) is 1. The number of halogens is 2. The zero-order valence-corrected chi connectivity index (χ0v) is 16.4. The summed E-state index contributed by atoms with van der Waals surface area (Å²) in [7, 11) is 0. The van der Waals surface area contributed by atoms with Gasteiger partial charge in [-0.05, 0) is 30.3 Å². The first-order chi connectivity index (χ1) is 13.5. The van der Waals surface area contributed by atoms with Crippen molar-refractivity contribution >= 4 is 63.1 Å². The largest absolute Gasteiger partial charge is 0.298 e. The zero-order chi connectivity index (χ0) is 19.8. The van der Waals surface area contributed by atoms with Gasteiger partial charge in [-0.3, -0.25) is 19.7 Å². The molecule has 1 aromatic heterocycles. The molecule has 9 heteroatoms. The molecule has 1 aliphatic rings. The molecule has 28 heavy (non-hydrogen) atoms. The first-order valence-electron chi connectivity index (χ1n) is 8.08. The summed E-state index contributed by atoms with van der Waals surface area (Å²) < 4.78 is 0. The van der Waals surface area contributed by atoms with E-state index in [1.165, 1.54) is 29.5 Å². The number of hydrogen-bond acceptors (Lipinski definition) is 5. The van der Waals surface area contributed by atoms with Crippen molar-refractivity contribution in [3.63, 3.8) is 0 Å². The zero-order valence-electron chi connectivity index (χ0n) is 14.1. The standard InChI is InChI=1S/C19H11Cl2N3O3S/c20-8-11-9-28-19(22-11)23-16(25)10-5-6-12-13(7-10)18(27)24(17(12)26)15-4-2-1-3-14(15)21/h1-7,9H,8H2,(H,22,23,25). The molecule has 6 nitrogen and oxygen atoms in total. The van der Waals surface area contributed by atoms with Gasteiger partial charge in [0.1, 0.15) is 0 Å². The summed E-state index contributed by atoms with van der Waals surface area (Å²) in [5.41, 5.74) is 1.58. The number of fused-ring (bicyclic) bond motifs is 1. The lowest BCUT2D eigenvalue weighted by Crippen LogP contribution is -2.29. The van der Waals surface area contributed by atoms with Crippen LogP contribution in [0.4, 0.5) is 10.8 Å². The van der Waals surface area contributed by atoms with Crippen molar-refractivity contribution in [1.29, 1.82) is 0 Å². The summed E-state index contributed by atoms with van der Waals surface area (Å²) >= 11 is 13.1. The third kappa shape index (κ3) is 3.17. The average molecular weight is 432 g/mol. The van der Waals surface area contributed by atoms with Crippen LogP contribution in [0.5, 0.6) is 0 Å². The fraction of sp³-hybridized carbons (Fsp3) is 0.0526. The Bertz CT molecular complexity index is 1130. The predicted molar refractivity (Wildman–Crippen MR) is 109 cm³/mol. The summed E-state index contributed by atoms with van der Waals surface area (Å²) in [6.07, 6.45) is 0. The SMILES string of the molecule is O=C(Nc1nc(CCl)cs1)c1ccc2c(c1)C(=O)N(c1ccccc1Cl)C2=O. The van der Waals surface area contributed by atoms with Gasteiger partial charge in [0.15, 0.2) is 5.13 Å². The van der Waals surface area contributed by atoms with Gasteiger partial charge >= 0.3 is 0 Å². The average Bonchev–Trinajstić information content (AvgIpc) is 3.25. The van der Waals surface area contributed by atoms with Crippen molar-refractivity contribution in [3.05, 3.63) is 75.3 Å². The van der Waals surface area contributed by atoms with E-state index in [0.717, 1.165) is 4.90 Å². The Kier molecular flexibility index (Phi) is 4.89. The van der Waals surface area contributed by atoms with Crippen LogP contribution in [-0.2, 0) is 5.88 Å². The highest BCUT2D eigenvalue weighted by Crippen LogP contribution is 2.33. The molecule has 4 rings (SSSR count). The van der Waals surface area contributed by atoms with E-state index < -0.39 is 17.7 Å². The Morgan fingerprint density at radius 1 is 1.11 bits per heavy atom. The lowest BCUT2D eigenvalue weighted by atomic mass is 10.1. The van der Waals surface area contributed by atoms with Crippen LogP contribution in [0.2, 0.25) is 5.02 Å². The number of carbonyl (C=O) groups is 3. The molecule has 2 heterocycles. The van der Waals surface area contributed by atoms with Crippen LogP contribution in [0.25, 0.3) is 0 Å². The maximum atomic E-state index is 12.8. The minimum Gasteiger partial charge on any atom is -0.298 e. The number of nitrogens with one attached hydrogen (secondary N) is 1. The van der Waals surface area contributed by atoms with E-state index in [9.17, 15) is 14.4 Å². The number of alkyl halides is 1. The second kappa shape index (κ2) is 7.35. The van der Waals surface area contributed by atoms with Gasteiger partial charge in [-0.2, -0.15) is 0 Å². The van der Waals surface area contributed by atoms with Crippen molar-refractivity contribution in [1.82, 2.24) is 4.98 Å². The molecule has 0 saturated heterocycles. The molecule has 1 aliphatic heterocycles. The van der Waals surface area contributed by atoms with Gasteiger partial charge < -0.3 is 0 Å². The molecular formula is C19H11Cl2N3O3S. The minimum absolute atomic E-state index is 0.151. The molecule has 0 radical (unpaired) electrons. The second-order valence-corrected chi connectivity index (χ2v) is 7.42. The maximum absolute atomic E-state index is 12.8. The number of carbonyl (C=O) groups excluding carboxylic acids is 3.